The van der Waals surface area contributed by atoms with Crippen molar-refractivity contribution in [2.45, 2.75) is 26.7 Å². The monoisotopic (exact) mass is 403 g/mol. The van der Waals surface area contributed by atoms with Crippen LogP contribution in [0.25, 0.3) is 0 Å². The number of benzene rings is 1. The van der Waals surface area contributed by atoms with Gasteiger partial charge in [0.1, 0.15) is 6.61 Å². The van der Waals surface area contributed by atoms with E-state index in [-0.39, 0.29) is 41.5 Å². The molecule has 1 aromatic rings. The van der Waals surface area contributed by atoms with Crippen LogP contribution < -0.4 is 10.6 Å². The fraction of sp³-hybridized carbons (Fsp3) is 0.316. The zero-order valence-electron chi connectivity index (χ0n) is 16.1. The van der Waals surface area contributed by atoms with Crippen molar-refractivity contribution >= 4 is 23.5 Å². The quantitative estimate of drug-likeness (QED) is 0.269. The number of non-ortho nitro benzene ring substituents is 1. The van der Waals surface area contributed by atoms with Crippen molar-refractivity contribution in [2.24, 2.45) is 0 Å². The van der Waals surface area contributed by atoms with E-state index >= 15 is 0 Å². The number of dihydropyridines is 1. The zero-order chi connectivity index (χ0) is 21.7. The fourth-order valence-electron chi connectivity index (χ4n) is 3.15. The van der Waals surface area contributed by atoms with Crippen LogP contribution in [0.3, 0.4) is 0 Å². The van der Waals surface area contributed by atoms with E-state index in [4.69, 9.17) is 4.74 Å². The number of hydrogen-bond donors (Lipinski definition) is 3. The molecule has 0 fully saturated rings. The Morgan fingerprint density at radius 3 is 2.48 bits per heavy atom. The molecule has 0 aromatic heterocycles. The number of carbonyl (C=O) groups is 3. The number of allylic oxidation sites excluding steroid dienone is 2. The second-order valence-electron chi connectivity index (χ2n) is 6.41. The molecule has 0 saturated heterocycles. The molecule has 1 heterocycles. The number of aliphatic carboxylic acids is 1. The van der Waals surface area contributed by atoms with Gasteiger partial charge in [0.2, 0.25) is 5.91 Å². The highest BCUT2D eigenvalue weighted by atomic mass is 16.6. The summed E-state index contributed by atoms with van der Waals surface area (Å²) >= 11 is 0. The summed E-state index contributed by atoms with van der Waals surface area (Å²) in [5.41, 5.74) is 0.695. The van der Waals surface area contributed by atoms with Crippen LogP contribution in [0.15, 0.2) is 46.8 Å². The first-order chi connectivity index (χ1) is 13.6. The molecule has 0 saturated carbocycles. The minimum Gasteiger partial charge on any atom is -0.478 e. The van der Waals surface area contributed by atoms with Gasteiger partial charge in [-0.05, 0) is 19.4 Å². The van der Waals surface area contributed by atoms with E-state index in [1.807, 2.05) is 0 Å². The third-order valence-electron chi connectivity index (χ3n) is 4.33. The lowest BCUT2D eigenvalue weighted by atomic mass is 9.80. The zero-order valence-corrected chi connectivity index (χ0v) is 16.1. The van der Waals surface area contributed by atoms with Gasteiger partial charge in [0.25, 0.3) is 5.69 Å². The normalized spacial score (nSPS) is 16.2. The number of nitrogens with zero attached hydrogens (tertiary/aromatic N) is 1. The average molecular weight is 403 g/mol. The van der Waals surface area contributed by atoms with Crippen LogP contribution in [0, 0.1) is 10.1 Å². The maximum Gasteiger partial charge on any atom is 0.336 e. The lowest BCUT2D eigenvalue weighted by Crippen LogP contribution is -2.33. The van der Waals surface area contributed by atoms with Gasteiger partial charge < -0.3 is 20.5 Å². The summed E-state index contributed by atoms with van der Waals surface area (Å²) in [6.07, 6.45) is 0. The Labute approximate surface area is 166 Å². The molecule has 0 aliphatic carbocycles. The van der Waals surface area contributed by atoms with E-state index in [0.717, 1.165) is 0 Å². The van der Waals surface area contributed by atoms with Crippen LogP contribution in [0.5, 0.6) is 0 Å². The Bertz CT molecular complexity index is 933. The van der Waals surface area contributed by atoms with Crippen molar-refractivity contribution in [3.63, 3.8) is 0 Å². The minimum atomic E-state index is -1.26. The minimum absolute atomic E-state index is 0.0383. The van der Waals surface area contributed by atoms with E-state index in [1.165, 1.54) is 31.2 Å². The summed E-state index contributed by atoms with van der Waals surface area (Å²) < 4.78 is 5.19. The van der Waals surface area contributed by atoms with Crippen molar-refractivity contribution < 1.29 is 29.2 Å². The molecule has 0 radical (unpaired) electrons. The van der Waals surface area contributed by atoms with Gasteiger partial charge in [-0.2, -0.15) is 0 Å². The van der Waals surface area contributed by atoms with E-state index in [9.17, 15) is 29.6 Å². The smallest absolute Gasteiger partial charge is 0.336 e. The fourth-order valence-corrected chi connectivity index (χ4v) is 3.15. The second kappa shape index (κ2) is 9.00. The first-order valence-electron chi connectivity index (χ1n) is 8.71. The van der Waals surface area contributed by atoms with E-state index in [2.05, 4.69) is 10.6 Å². The molecule has 154 valence electrons. The molecular formula is C19H21N3O7. The number of carbonyl (C=O) groups excluding carboxylic acids is 2. The van der Waals surface area contributed by atoms with Gasteiger partial charge in [0.05, 0.1) is 28.5 Å². The van der Waals surface area contributed by atoms with Crippen LogP contribution in [0.1, 0.15) is 32.3 Å². The summed E-state index contributed by atoms with van der Waals surface area (Å²) in [6.45, 7) is 4.46. The molecule has 29 heavy (non-hydrogen) atoms. The summed E-state index contributed by atoms with van der Waals surface area (Å²) in [5.74, 6) is -3.37. The van der Waals surface area contributed by atoms with Crippen molar-refractivity contribution in [2.75, 3.05) is 13.2 Å². The molecule has 1 aromatic carbocycles. The van der Waals surface area contributed by atoms with Crippen molar-refractivity contribution in [3.05, 3.63) is 62.5 Å². The highest BCUT2D eigenvalue weighted by molar-refractivity contribution is 5.99. The van der Waals surface area contributed by atoms with Crippen LogP contribution in [0.2, 0.25) is 0 Å². The number of amides is 1. The molecule has 1 amide bonds. The van der Waals surface area contributed by atoms with Crippen LogP contribution in [-0.4, -0.2) is 41.0 Å². The van der Waals surface area contributed by atoms with Crippen LogP contribution in [-0.2, 0) is 19.1 Å². The average Bonchev–Trinajstić information content (AvgIpc) is 2.64. The number of hydrogen-bond acceptors (Lipinski definition) is 7. The molecule has 10 heteroatoms. The molecule has 3 N–H and O–H groups in total. The number of nitro groups is 1. The first kappa shape index (κ1) is 21.6. The molecule has 2 rings (SSSR count). The molecule has 1 aliphatic rings. The lowest BCUT2D eigenvalue weighted by Gasteiger charge is -2.29. The highest BCUT2D eigenvalue weighted by Crippen LogP contribution is 2.39. The Morgan fingerprint density at radius 1 is 1.24 bits per heavy atom. The molecule has 10 nitrogen and oxygen atoms in total. The molecule has 0 bridgehead atoms. The molecule has 0 spiro atoms. The highest BCUT2D eigenvalue weighted by Gasteiger charge is 2.37. The second-order valence-corrected chi connectivity index (χ2v) is 6.41. The van der Waals surface area contributed by atoms with Gasteiger partial charge in [-0.1, -0.05) is 12.1 Å². The summed E-state index contributed by atoms with van der Waals surface area (Å²) in [6, 6.07) is 5.48. The number of nitrogens with one attached hydrogen (secondary N) is 2. The predicted molar refractivity (Wildman–Crippen MR) is 102 cm³/mol. The van der Waals surface area contributed by atoms with E-state index in [1.54, 1.807) is 13.8 Å². The van der Waals surface area contributed by atoms with E-state index < -0.39 is 22.8 Å². The SMILES string of the molecule is CC(=O)NCCOC(=O)C1=C(C)NC(C)=C(C(=O)O)[C@@H]1c1cccc([N+](=O)[O-])c1. The van der Waals surface area contributed by atoms with E-state index in [0.29, 0.717) is 11.4 Å². The predicted octanol–water partition coefficient (Wildman–Crippen LogP) is 1.59. The molecule has 1 aliphatic heterocycles. The van der Waals surface area contributed by atoms with Crippen LogP contribution in [0.4, 0.5) is 5.69 Å². The van der Waals surface area contributed by atoms with Gasteiger partial charge in [-0.25, -0.2) is 9.59 Å². The van der Waals surface area contributed by atoms with Crippen LogP contribution >= 0.6 is 0 Å². The Kier molecular flexibility index (Phi) is 6.71. The third kappa shape index (κ3) is 4.98. The number of esters is 1. The van der Waals surface area contributed by atoms with Gasteiger partial charge >= 0.3 is 11.9 Å². The number of carboxylic acid groups (broad SMARTS) is 1. The lowest BCUT2D eigenvalue weighted by molar-refractivity contribution is -0.384. The number of nitro benzene ring substituents is 1. The first-order valence-corrected chi connectivity index (χ1v) is 8.71. The topological polar surface area (TPSA) is 148 Å². The number of carboxylic acids is 1. The molecule has 1 atom stereocenters. The summed E-state index contributed by atoms with van der Waals surface area (Å²) in [5, 5.41) is 26.2. The van der Waals surface area contributed by atoms with Gasteiger partial charge in [0, 0.05) is 30.5 Å². The maximum atomic E-state index is 12.7. The Morgan fingerprint density at radius 2 is 1.90 bits per heavy atom. The number of ether oxygens (including phenoxy) is 1. The summed E-state index contributed by atoms with van der Waals surface area (Å²) in [4.78, 5) is 46.2. The van der Waals surface area contributed by atoms with Crippen molar-refractivity contribution in [3.8, 4) is 0 Å². The third-order valence-corrected chi connectivity index (χ3v) is 4.33. The molecular weight excluding hydrogens is 382 g/mol. The Hall–Kier alpha value is -3.69. The Balaban J connectivity index is 2.46. The molecule has 0 unspecified atom stereocenters. The van der Waals surface area contributed by atoms with Crippen molar-refractivity contribution in [1.29, 1.82) is 0 Å². The van der Waals surface area contributed by atoms with Gasteiger partial charge in [-0.15, -0.1) is 0 Å². The van der Waals surface area contributed by atoms with Gasteiger partial charge in [-0.3, -0.25) is 14.9 Å². The maximum absolute atomic E-state index is 12.7. The largest absolute Gasteiger partial charge is 0.478 e. The summed E-state index contributed by atoms with van der Waals surface area (Å²) in [7, 11) is 0. The standard InChI is InChI=1S/C19H21N3O7/c1-10-15(18(24)25)17(13-5-4-6-14(9-13)22(27)28)16(11(2)21-10)19(26)29-8-7-20-12(3)23/h4-6,9,17,21H,7-8H2,1-3H3,(H,20,23)(H,24,25)/t17-/m0/s1. The number of rotatable bonds is 7. The van der Waals surface area contributed by atoms with Gasteiger partial charge in [0.15, 0.2) is 0 Å². The van der Waals surface area contributed by atoms with Crippen molar-refractivity contribution in [1.82, 2.24) is 10.6 Å².